The van der Waals surface area contributed by atoms with Crippen molar-refractivity contribution < 1.29 is 19.4 Å². The molecule has 0 aliphatic carbocycles. The maximum atomic E-state index is 12.1. The lowest BCUT2D eigenvalue weighted by Gasteiger charge is -2.19. The molecule has 20 heavy (non-hydrogen) atoms. The number of hydrogen-bond acceptors (Lipinski definition) is 3. The van der Waals surface area contributed by atoms with Gasteiger partial charge in [0.15, 0.2) is 0 Å². The van der Waals surface area contributed by atoms with Crippen molar-refractivity contribution in [1.82, 2.24) is 4.90 Å². The molecule has 0 aliphatic rings. The molecule has 0 fully saturated rings. The summed E-state index contributed by atoms with van der Waals surface area (Å²) in [7, 11) is 1.60. The topological polar surface area (TPSA) is 66.8 Å². The largest absolute Gasteiger partial charge is 0.491 e. The highest BCUT2D eigenvalue weighted by Crippen LogP contribution is 2.15. The number of hydrogen-bond donors (Lipinski definition) is 1. The number of rotatable bonds is 6. The molecule has 1 amide bonds. The molecule has 110 valence electrons. The van der Waals surface area contributed by atoms with Crippen molar-refractivity contribution in [3.63, 3.8) is 0 Å². The van der Waals surface area contributed by atoms with Gasteiger partial charge in [-0.1, -0.05) is 6.92 Å². The Morgan fingerprint density at radius 2 is 1.75 bits per heavy atom. The fraction of sp³-hybridized carbons (Fsp3) is 0.467. The number of aliphatic carboxylic acids is 1. The molecule has 1 N–H and O–H groups in total. The van der Waals surface area contributed by atoms with E-state index in [-0.39, 0.29) is 18.6 Å². The predicted molar refractivity (Wildman–Crippen MR) is 76.0 cm³/mol. The molecule has 1 rings (SSSR count). The van der Waals surface area contributed by atoms with Crippen LogP contribution in [0.15, 0.2) is 24.3 Å². The van der Waals surface area contributed by atoms with E-state index in [0.29, 0.717) is 11.3 Å². The Balaban J connectivity index is 2.69. The van der Waals surface area contributed by atoms with E-state index < -0.39 is 11.9 Å². The highest BCUT2D eigenvalue weighted by Gasteiger charge is 2.18. The first-order valence-electron chi connectivity index (χ1n) is 6.56. The molecule has 0 aliphatic heterocycles. The van der Waals surface area contributed by atoms with Gasteiger partial charge in [-0.05, 0) is 38.1 Å². The fourth-order valence-electron chi connectivity index (χ4n) is 1.74. The molecule has 0 spiro atoms. The Hall–Kier alpha value is -2.04. The first-order chi connectivity index (χ1) is 9.31. The lowest BCUT2D eigenvalue weighted by molar-refractivity contribution is -0.141. The molecule has 0 radical (unpaired) electrons. The zero-order chi connectivity index (χ0) is 15.3. The highest BCUT2D eigenvalue weighted by molar-refractivity contribution is 5.94. The third-order valence-corrected chi connectivity index (χ3v) is 2.79. The summed E-state index contributed by atoms with van der Waals surface area (Å²) in [4.78, 5) is 24.3. The van der Waals surface area contributed by atoms with E-state index in [2.05, 4.69) is 0 Å². The molecule has 0 heterocycles. The number of carboxylic acid groups (broad SMARTS) is 1. The first-order valence-corrected chi connectivity index (χ1v) is 6.56. The van der Waals surface area contributed by atoms with Crippen LogP contribution < -0.4 is 4.74 Å². The smallest absolute Gasteiger partial charge is 0.308 e. The van der Waals surface area contributed by atoms with Gasteiger partial charge in [0, 0.05) is 19.2 Å². The van der Waals surface area contributed by atoms with E-state index in [1.54, 1.807) is 38.2 Å². The minimum atomic E-state index is -0.912. The average molecular weight is 279 g/mol. The van der Waals surface area contributed by atoms with Gasteiger partial charge in [-0.2, -0.15) is 0 Å². The molecule has 1 atom stereocenters. The Bertz CT molecular complexity index is 467. The van der Waals surface area contributed by atoms with Crippen LogP contribution in [-0.2, 0) is 4.79 Å². The third kappa shape index (κ3) is 4.57. The van der Waals surface area contributed by atoms with Gasteiger partial charge in [-0.3, -0.25) is 9.59 Å². The zero-order valence-electron chi connectivity index (χ0n) is 12.3. The second-order valence-corrected chi connectivity index (χ2v) is 5.12. The van der Waals surface area contributed by atoms with Gasteiger partial charge in [0.05, 0.1) is 12.0 Å². The Morgan fingerprint density at radius 1 is 1.20 bits per heavy atom. The van der Waals surface area contributed by atoms with Crippen molar-refractivity contribution in [2.45, 2.75) is 26.9 Å². The summed E-state index contributed by atoms with van der Waals surface area (Å²) in [5.41, 5.74) is 0.515. The van der Waals surface area contributed by atoms with Crippen LogP contribution in [0.1, 0.15) is 31.1 Å². The maximum Gasteiger partial charge on any atom is 0.308 e. The summed E-state index contributed by atoms with van der Waals surface area (Å²) < 4.78 is 5.50. The van der Waals surface area contributed by atoms with E-state index in [9.17, 15) is 9.59 Å². The van der Waals surface area contributed by atoms with Crippen molar-refractivity contribution in [1.29, 1.82) is 0 Å². The summed E-state index contributed by atoms with van der Waals surface area (Å²) >= 11 is 0. The Morgan fingerprint density at radius 3 is 2.20 bits per heavy atom. The summed E-state index contributed by atoms with van der Waals surface area (Å²) in [5, 5.41) is 8.85. The highest BCUT2D eigenvalue weighted by atomic mass is 16.5. The van der Waals surface area contributed by atoms with Crippen LogP contribution in [0, 0.1) is 5.92 Å². The Kier molecular flexibility index (Phi) is 5.55. The molecule has 1 aromatic rings. The summed E-state index contributed by atoms with van der Waals surface area (Å²) in [6.07, 6.45) is 0.0793. The average Bonchev–Trinajstić information content (AvgIpc) is 2.37. The van der Waals surface area contributed by atoms with Gasteiger partial charge in [0.1, 0.15) is 5.75 Å². The van der Waals surface area contributed by atoms with Crippen LogP contribution in [-0.4, -0.2) is 41.6 Å². The maximum absolute atomic E-state index is 12.1. The summed E-state index contributed by atoms with van der Waals surface area (Å²) in [6.45, 7) is 5.62. The number of nitrogens with zero attached hydrogens (tertiary/aromatic N) is 1. The van der Waals surface area contributed by atoms with Gasteiger partial charge in [0.25, 0.3) is 5.91 Å². The van der Waals surface area contributed by atoms with Crippen molar-refractivity contribution in [3.05, 3.63) is 29.8 Å². The molecular weight excluding hydrogens is 258 g/mol. The number of benzene rings is 1. The molecule has 0 aromatic heterocycles. The number of carbonyl (C=O) groups excluding carboxylic acids is 1. The van der Waals surface area contributed by atoms with Crippen molar-refractivity contribution in [2.75, 3.05) is 13.6 Å². The SMILES string of the molecule is CC(C)Oc1ccc(C(=O)N(C)CC(C)C(=O)O)cc1. The van der Waals surface area contributed by atoms with Crippen molar-refractivity contribution >= 4 is 11.9 Å². The molecule has 0 saturated heterocycles. The van der Waals surface area contributed by atoms with Gasteiger partial charge >= 0.3 is 5.97 Å². The number of carboxylic acids is 1. The molecule has 5 heteroatoms. The van der Waals surface area contributed by atoms with Gasteiger partial charge in [-0.15, -0.1) is 0 Å². The third-order valence-electron chi connectivity index (χ3n) is 2.79. The van der Waals surface area contributed by atoms with E-state index in [0.717, 1.165) is 0 Å². The normalized spacial score (nSPS) is 12.1. The van der Waals surface area contributed by atoms with Crippen LogP contribution in [0.5, 0.6) is 5.75 Å². The lowest BCUT2D eigenvalue weighted by atomic mass is 10.1. The standard InChI is InChI=1S/C15H21NO4/c1-10(2)20-13-7-5-12(6-8-13)14(17)16(4)9-11(3)15(18)19/h5-8,10-11H,9H2,1-4H3,(H,18,19). The number of ether oxygens (including phenoxy) is 1. The van der Waals surface area contributed by atoms with Crippen molar-refractivity contribution in [2.24, 2.45) is 5.92 Å². The van der Waals surface area contributed by atoms with E-state index in [4.69, 9.17) is 9.84 Å². The molecule has 1 aromatic carbocycles. The fourth-order valence-corrected chi connectivity index (χ4v) is 1.74. The molecule has 5 nitrogen and oxygen atoms in total. The minimum Gasteiger partial charge on any atom is -0.491 e. The molecular formula is C15H21NO4. The molecule has 0 saturated carbocycles. The van der Waals surface area contributed by atoms with E-state index in [1.807, 2.05) is 13.8 Å². The van der Waals surface area contributed by atoms with Crippen LogP contribution in [0.3, 0.4) is 0 Å². The summed E-state index contributed by atoms with van der Waals surface area (Å²) in [5.74, 6) is -0.995. The van der Waals surface area contributed by atoms with E-state index in [1.165, 1.54) is 4.90 Å². The number of amides is 1. The zero-order valence-corrected chi connectivity index (χ0v) is 12.3. The minimum absolute atomic E-state index is 0.0793. The molecule has 1 unspecified atom stereocenters. The van der Waals surface area contributed by atoms with Gasteiger partial charge in [-0.25, -0.2) is 0 Å². The van der Waals surface area contributed by atoms with Gasteiger partial charge < -0.3 is 14.7 Å². The van der Waals surface area contributed by atoms with Crippen LogP contribution in [0.4, 0.5) is 0 Å². The van der Waals surface area contributed by atoms with Crippen LogP contribution in [0.25, 0.3) is 0 Å². The first kappa shape index (κ1) is 16.0. The number of carbonyl (C=O) groups is 2. The van der Waals surface area contributed by atoms with Crippen LogP contribution in [0.2, 0.25) is 0 Å². The lowest BCUT2D eigenvalue weighted by Crippen LogP contribution is -2.33. The quantitative estimate of drug-likeness (QED) is 0.867. The monoisotopic (exact) mass is 279 g/mol. The second kappa shape index (κ2) is 6.93. The van der Waals surface area contributed by atoms with Gasteiger partial charge in [0.2, 0.25) is 0 Å². The Labute approximate surface area is 119 Å². The predicted octanol–water partition coefficient (Wildman–Crippen LogP) is 2.27. The van der Waals surface area contributed by atoms with Crippen LogP contribution >= 0.6 is 0 Å². The second-order valence-electron chi connectivity index (χ2n) is 5.12. The molecule has 0 bridgehead atoms. The van der Waals surface area contributed by atoms with Crippen molar-refractivity contribution in [3.8, 4) is 5.75 Å². The van der Waals surface area contributed by atoms with E-state index >= 15 is 0 Å². The summed E-state index contributed by atoms with van der Waals surface area (Å²) in [6, 6.07) is 6.84.